The number of carbonyl (C=O) groups is 1. The molecule has 1 atom stereocenters. The summed E-state index contributed by atoms with van der Waals surface area (Å²) in [7, 11) is -2.22. The van der Waals surface area contributed by atoms with Crippen LogP contribution in [0.2, 0.25) is 0 Å². The van der Waals surface area contributed by atoms with Crippen molar-refractivity contribution in [3.8, 4) is 0 Å². The minimum atomic E-state index is -3.71. The van der Waals surface area contributed by atoms with E-state index < -0.39 is 10.0 Å². The molecule has 0 spiro atoms. The summed E-state index contributed by atoms with van der Waals surface area (Å²) in [5.41, 5.74) is 4.16. The van der Waals surface area contributed by atoms with Crippen molar-refractivity contribution in [1.82, 2.24) is 5.32 Å². The molecule has 156 valence electrons. The van der Waals surface area contributed by atoms with Gasteiger partial charge >= 0.3 is 0 Å². The van der Waals surface area contributed by atoms with Crippen LogP contribution in [0.3, 0.4) is 0 Å². The van der Waals surface area contributed by atoms with Crippen LogP contribution >= 0.6 is 0 Å². The Morgan fingerprint density at radius 2 is 1.63 bits per heavy atom. The fraction of sp³-hybridized carbons (Fsp3) is 0.208. The van der Waals surface area contributed by atoms with Gasteiger partial charge in [-0.25, -0.2) is 8.42 Å². The number of carbonyl (C=O) groups excluding carboxylic acids is 1. The normalized spacial score (nSPS) is 12.3. The van der Waals surface area contributed by atoms with Crippen LogP contribution in [-0.4, -0.2) is 21.4 Å². The van der Waals surface area contributed by atoms with E-state index in [1.54, 1.807) is 54.6 Å². The molecule has 30 heavy (non-hydrogen) atoms. The van der Waals surface area contributed by atoms with Crippen LogP contribution in [0.25, 0.3) is 0 Å². The Morgan fingerprint density at radius 1 is 0.933 bits per heavy atom. The number of hydrogen-bond donors (Lipinski definition) is 1. The quantitative estimate of drug-likeness (QED) is 0.630. The molecule has 0 radical (unpaired) electrons. The van der Waals surface area contributed by atoms with Crippen LogP contribution in [0, 0.1) is 13.8 Å². The molecule has 0 saturated carbocycles. The van der Waals surface area contributed by atoms with E-state index in [4.69, 9.17) is 0 Å². The molecular formula is C24H26N2O3S. The van der Waals surface area contributed by atoms with Crippen molar-refractivity contribution in [3.63, 3.8) is 0 Å². The van der Waals surface area contributed by atoms with Crippen LogP contribution in [0.15, 0.2) is 77.7 Å². The lowest BCUT2D eigenvalue weighted by molar-refractivity contribution is 0.0940. The SMILES string of the molecule is Cc1ccc([C@@H](C)NC(=O)c2cccc(N(C)S(=O)(=O)c3ccccc3)c2)c(C)c1. The fourth-order valence-corrected chi connectivity index (χ4v) is 4.61. The van der Waals surface area contributed by atoms with Gasteiger partial charge in [-0.1, -0.05) is 48.0 Å². The first-order valence-electron chi connectivity index (χ1n) is 9.72. The third kappa shape index (κ3) is 4.54. The van der Waals surface area contributed by atoms with Gasteiger partial charge in [0.1, 0.15) is 0 Å². The lowest BCUT2D eigenvalue weighted by Gasteiger charge is -2.21. The molecule has 0 aromatic heterocycles. The molecule has 0 fully saturated rings. The molecular weight excluding hydrogens is 396 g/mol. The summed E-state index contributed by atoms with van der Waals surface area (Å²) in [6.45, 7) is 5.99. The van der Waals surface area contributed by atoms with E-state index in [9.17, 15) is 13.2 Å². The van der Waals surface area contributed by atoms with Gasteiger partial charge in [0.05, 0.1) is 16.6 Å². The summed E-state index contributed by atoms with van der Waals surface area (Å²) in [5.74, 6) is -0.255. The number of nitrogens with zero attached hydrogens (tertiary/aromatic N) is 1. The first-order valence-corrected chi connectivity index (χ1v) is 11.2. The van der Waals surface area contributed by atoms with Gasteiger partial charge < -0.3 is 5.32 Å². The lowest BCUT2D eigenvalue weighted by Crippen LogP contribution is -2.29. The van der Waals surface area contributed by atoms with Crippen molar-refractivity contribution in [3.05, 3.63) is 95.1 Å². The maximum atomic E-state index is 12.9. The highest BCUT2D eigenvalue weighted by Gasteiger charge is 2.22. The first kappa shape index (κ1) is 21.6. The predicted octanol–water partition coefficient (Wildman–Crippen LogP) is 4.62. The molecule has 0 aliphatic rings. The number of sulfonamides is 1. The molecule has 3 aromatic rings. The second kappa shape index (κ2) is 8.71. The van der Waals surface area contributed by atoms with E-state index in [0.29, 0.717) is 11.3 Å². The van der Waals surface area contributed by atoms with Gasteiger partial charge in [0, 0.05) is 12.6 Å². The fourth-order valence-electron chi connectivity index (χ4n) is 3.40. The average Bonchev–Trinajstić information content (AvgIpc) is 2.73. The summed E-state index contributed by atoms with van der Waals surface area (Å²) < 4.78 is 26.9. The smallest absolute Gasteiger partial charge is 0.264 e. The second-order valence-corrected chi connectivity index (χ2v) is 9.36. The summed E-state index contributed by atoms with van der Waals surface area (Å²) >= 11 is 0. The highest BCUT2D eigenvalue weighted by Crippen LogP contribution is 2.24. The van der Waals surface area contributed by atoms with Crippen LogP contribution < -0.4 is 9.62 Å². The van der Waals surface area contributed by atoms with E-state index in [0.717, 1.165) is 11.1 Å². The molecule has 0 saturated heterocycles. The zero-order valence-electron chi connectivity index (χ0n) is 17.6. The Bertz CT molecular complexity index is 1160. The Morgan fingerprint density at radius 3 is 2.30 bits per heavy atom. The van der Waals surface area contributed by atoms with Gasteiger partial charge in [-0.3, -0.25) is 9.10 Å². The molecule has 0 aliphatic heterocycles. The maximum absolute atomic E-state index is 12.9. The summed E-state index contributed by atoms with van der Waals surface area (Å²) in [5, 5.41) is 3.00. The van der Waals surface area contributed by atoms with Crippen LogP contribution in [-0.2, 0) is 10.0 Å². The number of anilines is 1. The molecule has 0 unspecified atom stereocenters. The van der Waals surface area contributed by atoms with E-state index >= 15 is 0 Å². The van der Waals surface area contributed by atoms with Crippen LogP contribution in [0.4, 0.5) is 5.69 Å². The van der Waals surface area contributed by atoms with Crippen molar-refractivity contribution in [2.75, 3.05) is 11.4 Å². The molecule has 1 amide bonds. The molecule has 0 heterocycles. The zero-order chi connectivity index (χ0) is 21.9. The lowest BCUT2D eigenvalue weighted by atomic mass is 10.00. The molecule has 5 nitrogen and oxygen atoms in total. The number of hydrogen-bond acceptors (Lipinski definition) is 3. The van der Waals surface area contributed by atoms with E-state index in [1.165, 1.54) is 16.9 Å². The molecule has 3 rings (SSSR count). The van der Waals surface area contributed by atoms with E-state index in [-0.39, 0.29) is 16.8 Å². The third-order valence-electron chi connectivity index (χ3n) is 5.11. The Kier molecular flexibility index (Phi) is 6.27. The van der Waals surface area contributed by atoms with Gasteiger partial charge in [-0.05, 0) is 62.2 Å². The summed E-state index contributed by atoms with van der Waals surface area (Å²) in [4.78, 5) is 13.0. The Labute approximate surface area is 178 Å². The largest absolute Gasteiger partial charge is 0.346 e. The van der Waals surface area contributed by atoms with Gasteiger partial charge in [-0.2, -0.15) is 0 Å². The monoisotopic (exact) mass is 422 g/mol. The van der Waals surface area contributed by atoms with Crippen molar-refractivity contribution in [1.29, 1.82) is 0 Å². The topological polar surface area (TPSA) is 66.5 Å². The minimum absolute atomic E-state index is 0.174. The first-order chi connectivity index (χ1) is 14.2. The third-order valence-corrected chi connectivity index (χ3v) is 6.91. The Hall–Kier alpha value is -3.12. The van der Waals surface area contributed by atoms with Crippen molar-refractivity contribution < 1.29 is 13.2 Å². The number of benzene rings is 3. The van der Waals surface area contributed by atoms with Crippen molar-refractivity contribution in [2.45, 2.75) is 31.7 Å². The molecule has 0 aliphatic carbocycles. The molecule has 6 heteroatoms. The van der Waals surface area contributed by atoms with E-state index in [1.807, 2.05) is 32.9 Å². The second-order valence-electron chi connectivity index (χ2n) is 7.39. The van der Waals surface area contributed by atoms with Gasteiger partial charge in [0.2, 0.25) is 0 Å². The summed E-state index contributed by atoms with van der Waals surface area (Å²) in [6.07, 6.45) is 0. The van der Waals surface area contributed by atoms with Crippen molar-refractivity contribution >= 4 is 21.6 Å². The summed E-state index contributed by atoms with van der Waals surface area (Å²) in [6, 6.07) is 20.8. The van der Waals surface area contributed by atoms with Gasteiger partial charge in [-0.15, -0.1) is 0 Å². The molecule has 1 N–H and O–H groups in total. The number of nitrogens with one attached hydrogen (secondary N) is 1. The average molecular weight is 423 g/mol. The highest BCUT2D eigenvalue weighted by molar-refractivity contribution is 7.92. The minimum Gasteiger partial charge on any atom is -0.346 e. The van der Waals surface area contributed by atoms with Crippen LogP contribution in [0.5, 0.6) is 0 Å². The number of amides is 1. The molecule has 0 bridgehead atoms. The highest BCUT2D eigenvalue weighted by atomic mass is 32.2. The van der Waals surface area contributed by atoms with Crippen molar-refractivity contribution in [2.24, 2.45) is 0 Å². The number of aryl methyl sites for hydroxylation is 2. The van der Waals surface area contributed by atoms with E-state index in [2.05, 4.69) is 11.4 Å². The van der Waals surface area contributed by atoms with Crippen LogP contribution in [0.1, 0.15) is 40.0 Å². The predicted molar refractivity (Wildman–Crippen MR) is 120 cm³/mol. The van der Waals surface area contributed by atoms with Gasteiger partial charge in [0.15, 0.2) is 0 Å². The molecule has 3 aromatic carbocycles. The maximum Gasteiger partial charge on any atom is 0.264 e. The zero-order valence-corrected chi connectivity index (χ0v) is 18.4. The standard InChI is InChI=1S/C24H26N2O3S/c1-17-13-14-23(18(2)15-17)19(3)25-24(27)20-9-8-10-21(16-20)26(4)30(28,29)22-11-6-5-7-12-22/h5-16,19H,1-4H3,(H,25,27)/t19-/m1/s1. The van der Waals surface area contributed by atoms with Gasteiger partial charge in [0.25, 0.3) is 15.9 Å². The number of rotatable bonds is 6. The Balaban J connectivity index is 1.81.